The third-order valence-electron chi connectivity index (χ3n) is 4.37. The number of hydrogen-bond donors (Lipinski definition) is 2. The van der Waals surface area contributed by atoms with Crippen molar-refractivity contribution in [1.82, 2.24) is 25.2 Å². The monoisotopic (exact) mass is 335 g/mol. The minimum Gasteiger partial charge on any atom is -0.385 e. The summed E-state index contributed by atoms with van der Waals surface area (Å²) in [6.45, 7) is 3.48. The number of hydrogen-bond acceptors (Lipinski definition) is 9. The van der Waals surface area contributed by atoms with Gasteiger partial charge in [0.2, 0.25) is 11.3 Å². The Bertz CT molecular complexity index is 648. The molecule has 2 N–H and O–H groups in total. The fourth-order valence-electron chi connectivity index (χ4n) is 3.01. The van der Waals surface area contributed by atoms with Crippen molar-refractivity contribution in [2.45, 2.75) is 31.7 Å². The Labute approximate surface area is 141 Å². The fraction of sp³-hybridized carbons (Fsp3) is 0.733. The van der Waals surface area contributed by atoms with Crippen LogP contribution < -0.4 is 10.6 Å². The summed E-state index contributed by atoms with van der Waals surface area (Å²) in [6, 6.07) is 0.640. The highest BCUT2D eigenvalue weighted by molar-refractivity contribution is 5.73. The molecule has 1 aliphatic rings. The molecule has 1 atom stereocenters. The average Bonchev–Trinajstić information content (AvgIpc) is 3.20. The lowest BCUT2D eigenvalue weighted by molar-refractivity contribution is 0.198. The van der Waals surface area contributed by atoms with Gasteiger partial charge in [-0.2, -0.15) is 0 Å². The average molecular weight is 335 g/mol. The number of anilines is 2. The van der Waals surface area contributed by atoms with E-state index >= 15 is 0 Å². The third-order valence-corrected chi connectivity index (χ3v) is 4.37. The second-order valence-electron chi connectivity index (χ2n) is 6.10. The van der Waals surface area contributed by atoms with Gasteiger partial charge in [-0.3, -0.25) is 0 Å². The highest BCUT2D eigenvalue weighted by Gasteiger charge is 2.20. The quantitative estimate of drug-likeness (QED) is 0.658. The van der Waals surface area contributed by atoms with Gasteiger partial charge in [-0.05, 0) is 49.6 Å². The number of ether oxygens (including phenoxy) is 1. The van der Waals surface area contributed by atoms with Gasteiger partial charge in [0.05, 0.1) is 0 Å². The molecular weight excluding hydrogens is 310 g/mol. The molecule has 0 unspecified atom stereocenters. The van der Waals surface area contributed by atoms with Gasteiger partial charge in [0.25, 0.3) is 0 Å². The zero-order valence-corrected chi connectivity index (χ0v) is 14.3. The van der Waals surface area contributed by atoms with Gasteiger partial charge in [-0.25, -0.2) is 14.6 Å². The van der Waals surface area contributed by atoms with Crippen LogP contribution in [0.3, 0.4) is 0 Å². The van der Waals surface area contributed by atoms with E-state index in [1.54, 1.807) is 7.11 Å². The summed E-state index contributed by atoms with van der Waals surface area (Å²) in [5.74, 6) is 1.37. The topological polar surface area (TPSA) is 101 Å². The number of fused-ring (bicyclic) bond motifs is 1. The maximum absolute atomic E-state index is 5.07. The first-order valence-corrected chi connectivity index (χ1v) is 8.45. The second-order valence-corrected chi connectivity index (χ2v) is 6.10. The lowest BCUT2D eigenvalue weighted by atomic mass is 10.1. The SMILES string of the molecule is COCCCNc1nc2nonc2nc1NCC[C@H]1CCCN1C. The van der Waals surface area contributed by atoms with E-state index in [4.69, 9.17) is 9.37 Å². The maximum atomic E-state index is 5.07. The summed E-state index contributed by atoms with van der Waals surface area (Å²) in [6.07, 6.45) is 4.51. The molecule has 3 rings (SSSR count). The largest absolute Gasteiger partial charge is 0.385 e. The first-order valence-electron chi connectivity index (χ1n) is 8.45. The predicted octanol–water partition coefficient (Wildman–Crippen LogP) is 1.36. The molecule has 0 radical (unpaired) electrons. The van der Waals surface area contributed by atoms with Gasteiger partial charge in [-0.1, -0.05) is 0 Å². The summed E-state index contributed by atoms with van der Waals surface area (Å²) in [4.78, 5) is 11.3. The number of nitrogens with zero attached hydrogens (tertiary/aromatic N) is 5. The van der Waals surface area contributed by atoms with Gasteiger partial charge in [0.1, 0.15) is 0 Å². The third kappa shape index (κ3) is 4.09. The zero-order valence-electron chi connectivity index (χ0n) is 14.3. The van der Waals surface area contributed by atoms with Crippen LogP contribution in [0.4, 0.5) is 11.6 Å². The highest BCUT2D eigenvalue weighted by Crippen LogP contribution is 2.21. The summed E-state index contributed by atoms with van der Waals surface area (Å²) in [7, 11) is 3.88. The van der Waals surface area contributed by atoms with Crippen LogP contribution in [-0.2, 0) is 4.74 Å². The van der Waals surface area contributed by atoms with Gasteiger partial charge < -0.3 is 20.3 Å². The van der Waals surface area contributed by atoms with Crippen LogP contribution in [0.5, 0.6) is 0 Å². The van der Waals surface area contributed by atoms with Crippen molar-refractivity contribution in [2.75, 3.05) is 51.0 Å². The van der Waals surface area contributed by atoms with Crippen LogP contribution in [0.15, 0.2) is 4.63 Å². The van der Waals surface area contributed by atoms with E-state index in [1.165, 1.54) is 19.4 Å². The Morgan fingerprint density at radius 3 is 2.50 bits per heavy atom. The molecule has 0 aliphatic carbocycles. The molecule has 1 saturated heterocycles. The molecular formula is C15H25N7O2. The first-order chi connectivity index (χ1) is 11.8. The number of methoxy groups -OCH3 is 1. The number of likely N-dealkylation sites (tertiary alicyclic amines) is 1. The van der Waals surface area contributed by atoms with Crippen molar-refractivity contribution in [3.8, 4) is 0 Å². The fourth-order valence-corrected chi connectivity index (χ4v) is 3.01. The van der Waals surface area contributed by atoms with E-state index in [0.717, 1.165) is 25.9 Å². The highest BCUT2D eigenvalue weighted by atomic mass is 16.6. The Kier molecular flexibility index (Phi) is 5.76. The van der Waals surface area contributed by atoms with E-state index in [9.17, 15) is 0 Å². The molecule has 1 fully saturated rings. The summed E-state index contributed by atoms with van der Waals surface area (Å²) < 4.78 is 9.78. The predicted molar refractivity (Wildman–Crippen MR) is 91.1 cm³/mol. The van der Waals surface area contributed by atoms with Crippen molar-refractivity contribution in [2.24, 2.45) is 0 Å². The molecule has 132 valence electrons. The summed E-state index contributed by atoms with van der Waals surface area (Å²) >= 11 is 0. The lowest BCUT2D eigenvalue weighted by Gasteiger charge is -2.19. The minimum atomic E-state index is 0.408. The van der Waals surface area contributed by atoms with Crippen molar-refractivity contribution < 1.29 is 9.37 Å². The van der Waals surface area contributed by atoms with E-state index < -0.39 is 0 Å². The summed E-state index contributed by atoms with van der Waals surface area (Å²) in [5.41, 5.74) is 0.822. The van der Waals surface area contributed by atoms with E-state index in [2.05, 4.69) is 42.9 Å². The first kappa shape index (κ1) is 16.8. The van der Waals surface area contributed by atoms with Crippen molar-refractivity contribution in [3.63, 3.8) is 0 Å². The summed E-state index contributed by atoms with van der Waals surface area (Å²) in [5, 5.41) is 14.2. The van der Waals surface area contributed by atoms with Gasteiger partial charge in [0, 0.05) is 32.8 Å². The van der Waals surface area contributed by atoms with Crippen molar-refractivity contribution in [1.29, 1.82) is 0 Å². The van der Waals surface area contributed by atoms with Crippen LogP contribution in [0.2, 0.25) is 0 Å². The number of rotatable bonds is 9. The molecule has 2 aromatic rings. The Balaban J connectivity index is 1.62. The van der Waals surface area contributed by atoms with Crippen LogP contribution in [-0.4, -0.2) is 71.6 Å². The number of aromatic nitrogens is 4. The van der Waals surface area contributed by atoms with Crippen LogP contribution >= 0.6 is 0 Å². The molecule has 2 aromatic heterocycles. The number of nitrogens with one attached hydrogen (secondary N) is 2. The van der Waals surface area contributed by atoms with E-state index in [1.807, 2.05) is 0 Å². The van der Waals surface area contributed by atoms with E-state index in [0.29, 0.717) is 35.6 Å². The zero-order chi connectivity index (χ0) is 16.8. The molecule has 0 saturated carbocycles. The van der Waals surface area contributed by atoms with Gasteiger partial charge >= 0.3 is 0 Å². The standard InChI is InChI=1S/C15H25N7O2/c1-22-9-3-5-11(22)6-8-17-13-12(16-7-4-10-23-2)18-14-15(19-13)21-24-20-14/h11H,3-10H2,1-2H3,(H,16,18,20)(H,17,19,21)/t11-/m1/s1. The smallest absolute Gasteiger partial charge is 0.245 e. The molecule has 9 heteroatoms. The molecule has 9 nitrogen and oxygen atoms in total. The van der Waals surface area contributed by atoms with E-state index in [-0.39, 0.29) is 0 Å². The molecule has 0 bridgehead atoms. The molecule has 0 spiro atoms. The minimum absolute atomic E-state index is 0.408. The molecule has 1 aliphatic heterocycles. The van der Waals surface area contributed by atoms with Crippen LogP contribution in [0.1, 0.15) is 25.7 Å². The Morgan fingerprint density at radius 2 is 1.88 bits per heavy atom. The van der Waals surface area contributed by atoms with Crippen molar-refractivity contribution in [3.05, 3.63) is 0 Å². The molecule has 24 heavy (non-hydrogen) atoms. The van der Waals surface area contributed by atoms with Crippen LogP contribution in [0, 0.1) is 0 Å². The van der Waals surface area contributed by atoms with Gasteiger partial charge in [-0.15, -0.1) is 0 Å². The molecule has 3 heterocycles. The normalized spacial score (nSPS) is 18.3. The maximum Gasteiger partial charge on any atom is 0.245 e. The lowest BCUT2D eigenvalue weighted by Crippen LogP contribution is -2.27. The van der Waals surface area contributed by atoms with Crippen LogP contribution in [0.25, 0.3) is 11.3 Å². The molecule has 0 amide bonds. The Hall–Kier alpha value is -2.00. The van der Waals surface area contributed by atoms with Crippen molar-refractivity contribution >= 4 is 22.9 Å². The second kappa shape index (κ2) is 8.20. The van der Waals surface area contributed by atoms with Gasteiger partial charge in [0.15, 0.2) is 11.6 Å². The molecule has 0 aromatic carbocycles. The Morgan fingerprint density at radius 1 is 1.17 bits per heavy atom.